The van der Waals surface area contributed by atoms with Gasteiger partial charge >= 0.3 is 0 Å². The zero-order chi connectivity index (χ0) is 20.1. The molecule has 2 amide bonds. The Morgan fingerprint density at radius 2 is 1.62 bits per heavy atom. The van der Waals surface area contributed by atoms with Crippen LogP contribution in [0.5, 0.6) is 11.5 Å². The van der Waals surface area contributed by atoms with Gasteiger partial charge in [0.25, 0.3) is 5.91 Å². The predicted octanol–water partition coefficient (Wildman–Crippen LogP) is 3.84. The van der Waals surface area contributed by atoms with Crippen molar-refractivity contribution >= 4 is 17.5 Å². The molecule has 2 N–H and O–H groups in total. The molecule has 0 atom stereocenters. The van der Waals surface area contributed by atoms with E-state index in [1.54, 1.807) is 24.3 Å². The average molecular weight is 388 g/mol. The number of amides is 2. The number of carbonyl (C=O) groups excluding carboxylic acids is 2. The highest BCUT2D eigenvalue weighted by atomic mass is 16.7. The second-order valence-electron chi connectivity index (χ2n) is 6.57. The molecule has 0 unspecified atom stereocenters. The van der Waals surface area contributed by atoms with E-state index in [1.807, 2.05) is 48.5 Å². The van der Waals surface area contributed by atoms with Gasteiger partial charge in [0.05, 0.1) is 0 Å². The third-order valence-corrected chi connectivity index (χ3v) is 4.53. The van der Waals surface area contributed by atoms with Crippen LogP contribution in [0.1, 0.15) is 16.8 Å². The van der Waals surface area contributed by atoms with Gasteiger partial charge in [-0.3, -0.25) is 9.59 Å². The number of benzene rings is 3. The van der Waals surface area contributed by atoms with Crippen LogP contribution in [-0.2, 0) is 4.79 Å². The zero-order valence-corrected chi connectivity index (χ0v) is 15.7. The Hall–Kier alpha value is -3.80. The molecule has 1 aliphatic heterocycles. The van der Waals surface area contributed by atoms with E-state index >= 15 is 0 Å². The van der Waals surface area contributed by atoms with Gasteiger partial charge in [-0.05, 0) is 35.4 Å². The highest BCUT2D eigenvalue weighted by molar-refractivity contribution is 5.96. The third-order valence-electron chi connectivity index (χ3n) is 4.53. The molecular formula is C23H20N2O4. The summed E-state index contributed by atoms with van der Waals surface area (Å²) in [5, 5.41) is 5.58. The minimum absolute atomic E-state index is 0.165. The summed E-state index contributed by atoms with van der Waals surface area (Å²) < 4.78 is 10.5. The van der Waals surface area contributed by atoms with Crippen molar-refractivity contribution < 1.29 is 19.1 Å². The monoisotopic (exact) mass is 388 g/mol. The molecule has 1 aliphatic rings. The van der Waals surface area contributed by atoms with E-state index in [0.29, 0.717) is 22.7 Å². The summed E-state index contributed by atoms with van der Waals surface area (Å²) in [4.78, 5) is 24.6. The Labute approximate surface area is 168 Å². The SMILES string of the molecule is O=C(CCNC(=O)c1cccc(-c2ccccc2)c1)Nc1ccc2c(c1)OCO2. The van der Waals surface area contributed by atoms with Crippen LogP contribution in [0.4, 0.5) is 5.69 Å². The summed E-state index contributed by atoms with van der Waals surface area (Å²) in [5.41, 5.74) is 3.20. The molecular weight excluding hydrogens is 368 g/mol. The first-order valence-corrected chi connectivity index (χ1v) is 9.32. The maximum Gasteiger partial charge on any atom is 0.251 e. The van der Waals surface area contributed by atoms with Crippen LogP contribution in [-0.4, -0.2) is 25.2 Å². The van der Waals surface area contributed by atoms with Crippen LogP contribution in [0.3, 0.4) is 0 Å². The fraction of sp³-hybridized carbons (Fsp3) is 0.130. The van der Waals surface area contributed by atoms with Crippen molar-refractivity contribution in [3.05, 3.63) is 78.4 Å². The van der Waals surface area contributed by atoms with Crippen LogP contribution in [0, 0.1) is 0 Å². The van der Waals surface area contributed by atoms with Crippen molar-refractivity contribution in [2.24, 2.45) is 0 Å². The molecule has 0 aliphatic carbocycles. The Balaban J connectivity index is 1.29. The van der Waals surface area contributed by atoms with Crippen LogP contribution >= 0.6 is 0 Å². The Bertz CT molecular complexity index is 1030. The molecule has 0 bridgehead atoms. The number of anilines is 1. The first-order valence-electron chi connectivity index (χ1n) is 9.32. The minimum atomic E-state index is -0.210. The maximum atomic E-state index is 12.4. The average Bonchev–Trinajstić information content (AvgIpc) is 3.22. The molecule has 29 heavy (non-hydrogen) atoms. The Morgan fingerprint density at radius 1 is 0.828 bits per heavy atom. The number of ether oxygens (including phenoxy) is 2. The second-order valence-corrected chi connectivity index (χ2v) is 6.57. The molecule has 0 radical (unpaired) electrons. The van der Waals surface area contributed by atoms with Crippen molar-refractivity contribution in [1.29, 1.82) is 0 Å². The normalized spacial score (nSPS) is 11.7. The largest absolute Gasteiger partial charge is 0.454 e. The molecule has 3 aromatic rings. The van der Waals surface area contributed by atoms with Gasteiger partial charge in [-0.15, -0.1) is 0 Å². The van der Waals surface area contributed by atoms with E-state index in [-0.39, 0.29) is 31.6 Å². The topological polar surface area (TPSA) is 76.7 Å². The lowest BCUT2D eigenvalue weighted by Gasteiger charge is -2.08. The van der Waals surface area contributed by atoms with Gasteiger partial charge in [-0.2, -0.15) is 0 Å². The van der Waals surface area contributed by atoms with E-state index in [1.165, 1.54) is 0 Å². The van der Waals surface area contributed by atoms with Gasteiger partial charge in [0, 0.05) is 30.3 Å². The molecule has 6 heteroatoms. The van der Waals surface area contributed by atoms with Crippen molar-refractivity contribution in [2.45, 2.75) is 6.42 Å². The zero-order valence-electron chi connectivity index (χ0n) is 15.7. The number of hydrogen-bond donors (Lipinski definition) is 2. The third kappa shape index (κ3) is 4.55. The van der Waals surface area contributed by atoms with Gasteiger partial charge in [0.2, 0.25) is 12.7 Å². The Kier molecular flexibility index (Phi) is 5.42. The molecule has 146 valence electrons. The summed E-state index contributed by atoms with van der Waals surface area (Å²) in [6, 6.07) is 22.5. The minimum Gasteiger partial charge on any atom is -0.454 e. The fourth-order valence-electron chi connectivity index (χ4n) is 3.06. The smallest absolute Gasteiger partial charge is 0.251 e. The van der Waals surface area contributed by atoms with Crippen molar-refractivity contribution in [1.82, 2.24) is 5.32 Å². The number of rotatable bonds is 6. The summed E-state index contributed by atoms with van der Waals surface area (Å²) in [7, 11) is 0. The summed E-state index contributed by atoms with van der Waals surface area (Å²) in [6.07, 6.45) is 0.165. The van der Waals surface area contributed by atoms with Gasteiger partial charge in [-0.1, -0.05) is 42.5 Å². The number of carbonyl (C=O) groups is 2. The van der Waals surface area contributed by atoms with E-state index < -0.39 is 0 Å². The quantitative estimate of drug-likeness (QED) is 0.673. The molecule has 0 saturated heterocycles. The van der Waals surface area contributed by atoms with Crippen LogP contribution in [0.2, 0.25) is 0 Å². The van der Waals surface area contributed by atoms with Crippen LogP contribution in [0.25, 0.3) is 11.1 Å². The van der Waals surface area contributed by atoms with E-state index in [9.17, 15) is 9.59 Å². The van der Waals surface area contributed by atoms with Gasteiger partial charge in [-0.25, -0.2) is 0 Å². The lowest BCUT2D eigenvalue weighted by Crippen LogP contribution is -2.27. The maximum absolute atomic E-state index is 12.4. The molecule has 6 nitrogen and oxygen atoms in total. The fourth-order valence-corrected chi connectivity index (χ4v) is 3.06. The van der Waals surface area contributed by atoms with Crippen molar-refractivity contribution in [3.8, 4) is 22.6 Å². The summed E-state index contributed by atoms with van der Waals surface area (Å²) in [6.45, 7) is 0.426. The molecule has 0 fully saturated rings. The summed E-state index contributed by atoms with van der Waals surface area (Å²) >= 11 is 0. The van der Waals surface area contributed by atoms with E-state index in [4.69, 9.17) is 9.47 Å². The van der Waals surface area contributed by atoms with Gasteiger partial charge < -0.3 is 20.1 Å². The predicted molar refractivity (Wildman–Crippen MR) is 110 cm³/mol. The van der Waals surface area contributed by atoms with E-state index in [2.05, 4.69) is 10.6 Å². The molecule has 1 heterocycles. The number of fused-ring (bicyclic) bond motifs is 1. The second kappa shape index (κ2) is 8.48. The lowest BCUT2D eigenvalue weighted by atomic mass is 10.0. The number of nitrogens with one attached hydrogen (secondary N) is 2. The molecule has 0 saturated carbocycles. The standard InChI is InChI=1S/C23H20N2O4/c26-22(25-19-9-10-20-21(14-19)29-15-28-20)11-12-24-23(27)18-8-4-7-17(13-18)16-5-2-1-3-6-16/h1-10,13-14H,11-12,15H2,(H,24,27)(H,25,26). The van der Waals surface area contributed by atoms with Crippen LogP contribution < -0.4 is 20.1 Å². The van der Waals surface area contributed by atoms with Crippen LogP contribution in [0.15, 0.2) is 72.8 Å². The van der Waals surface area contributed by atoms with E-state index in [0.717, 1.165) is 11.1 Å². The lowest BCUT2D eigenvalue weighted by molar-refractivity contribution is -0.116. The molecule has 3 aromatic carbocycles. The van der Waals surface area contributed by atoms with Gasteiger partial charge in [0.15, 0.2) is 11.5 Å². The first kappa shape index (κ1) is 18.6. The number of hydrogen-bond acceptors (Lipinski definition) is 4. The van der Waals surface area contributed by atoms with Crippen molar-refractivity contribution in [2.75, 3.05) is 18.7 Å². The highest BCUT2D eigenvalue weighted by Gasteiger charge is 2.14. The van der Waals surface area contributed by atoms with Crippen molar-refractivity contribution in [3.63, 3.8) is 0 Å². The first-order chi connectivity index (χ1) is 14.2. The molecule has 4 rings (SSSR count). The molecule has 0 spiro atoms. The highest BCUT2D eigenvalue weighted by Crippen LogP contribution is 2.34. The van der Waals surface area contributed by atoms with Gasteiger partial charge in [0.1, 0.15) is 0 Å². The Morgan fingerprint density at radius 3 is 2.48 bits per heavy atom. The molecule has 0 aromatic heterocycles. The summed E-state index contributed by atoms with van der Waals surface area (Å²) in [5.74, 6) is 0.864.